The first-order valence-corrected chi connectivity index (χ1v) is 8.64. The van der Waals surface area contributed by atoms with E-state index in [0.29, 0.717) is 25.3 Å². The lowest BCUT2D eigenvalue weighted by atomic mass is 9.95. The maximum atomic E-state index is 13.2. The first-order chi connectivity index (χ1) is 11.6. The SMILES string of the molecule is CCNC(=NCCc1cccc(F)c1)N1CCCC(CC(N)=O)C1. The van der Waals surface area contributed by atoms with Crippen molar-refractivity contribution < 1.29 is 9.18 Å². The lowest BCUT2D eigenvalue weighted by Crippen LogP contribution is -2.47. The summed E-state index contributed by atoms with van der Waals surface area (Å²) in [7, 11) is 0. The highest BCUT2D eigenvalue weighted by Crippen LogP contribution is 2.19. The summed E-state index contributed by atoms with van der Waals surface area (Å²) in [6.45, 7) is 5.15. The smallest absolute Gasteiger partial charge is 0.217 e. The van der Waals surface area contributed by atoms with E-state index in [2.05, 4.69) is 15.2 Å². The Balaban J connectivity index is 1.95. The Morgan fingerprint density at radius 3 is 3.04 bits per heavy atom. The highest BCUT2D eigenvalue weighted by atomic mass is 19.1. The number of primary amides is 1. The number of amides is 1. The molecule has 1 aromatic carbocycles. The number of guanidine groups is 1. The molecule has 1 heterocycles. The molecule has 0 saturated carbocycles. The second kappa shape index (κ2) is 9.25. The molecule has 1 unspecified atom stereocenters. The Morgan fingerprint density at radius 1 is 1.50 bits per heavy atom. The molecule has 0 spiro atoms. The number of nitrogens with two attached hydrogens (primary N) is 1. The van der Waals surface area contributed by atoms with Gasteiger partial charge in [-0.05, 0) is 49.8 Å². The minimum Gasteiger partial charge on any atom is -0.370 e. The minimum absolute atomic E-state index is 0.214. The van der Waals surface area contributed by atoms with E-state index >= 15 is 0 Å². The Morgan fingerprint density at radius 2 is 2.33 bits per heavy atom. The zero-order chi connectivity index (χ0) is 17.4. The van der Waals surface area contributed by atoms with Gasteiger partial charge < -0.3 is 16.0 Å². The standard InChI is InChI=1S/C18H27FN4O/c1-2-21-18(22-9-8-14-5-3-7-16(19)11-14)23-10-4-6-15(13-23)12-17(20)24/h3,5,7,11,15H,2,4,6,8-10,12-13H2,1H3,(H2,20,24)(H,21,22). The van der Waals surface area contributed by atoms with Gasteiger partial charge in [0.15, 0.2) is 5.96 Å². The van der Waals surface area contributed by atoms with E-state index in [1.807, 2.05) is 13.0 Å². The van der Waals surface area contributed by atoms with Crippen LogP contribution in [0.25, 0.3) is 0 Å². The highest BCUT2D eigenvalue weighted by Gasteiger charge is 2.23. The van der Waals surface area contributed by atoms with Crippen LogP contribution in [0, 0.1) is 11.7 Å². The first kappa shape index (κ1) is 18.2. The van der Waals surface area contributed by atoms with Crippen LogP contribution in [0.4, 0.5) is 4.39 Å². The van der Waals surface area contributed by atoms with Crippen molar-refractivity contribution in [2.45, 2.75) is 32.6 Å². The Hall–Kier alpha value is -2.11. The summed E-state index contributed by atoms with van der Waals surface area (Å²) in [5.41, 5.74) is 6.27. The van der Waals surface area contributed by atoms with Crippen LogP contribution in [-0.2, 0) is 11.2 Å². The van der Waals surface area contributed by atoms with Crippen LogP contribution in [-0.4, -0.2) is 42.9 Å². The summed E-state index contributed by atoms with van der Waals surface area (Å²) in [4.78, 5) is 18.0. The van der Waals surface area contributed by atoms with Crippen LogP contribution in [0.3, 0.4) is 0 Å². The molecule has 1 aliphatic rings. The predicted molar refractivity (Wildman–Crippen MR) is 94.2 cm³/mol. The lowest BCUT2D eigenvalue weighted by Gasteiger charge is -2.34. The van der Waals surface area contributed by atoms with Gasteiger partial charge in [-0.25, -0.2) is 4.39 Å². The molecule has 1 saturated heterocycles. The van der Waals surface area contributed by atoms with Gasteiger partial charge in [-0.2, -0.15) is 0 Å². The van der Waals surface area contributed by atoms with Crippen molar-refractivity contribution >= 4 is 11.9 Å². The van der Waals surface area contributed by atoms with Crippen molar-refractivity contribution in [2.75, 3.05) is 26.2 Å². The third-order valence-electron chi connectivity index (χ3n) is 4.19. The summed E-state index contributed by atoms with van der Waals surface area (Å²) in [6.07, 6.45) is 3.19. The molecule has 24 heavy (non-hydrogen) atoms. The van der Waals surface area contributed by atoms with Crippen LogP contribution in [0.5, 0.6) is 0 Å². The number of carbonyl (C=O) groups is 1. The molecular weight excluding hydrogens is 307 g/mol. The normalized spacial score (nSPS) is 18.5. The summed E-state index contributed by atoms with van der Waals surface area (Å²) < 4.78 is 13.2. The molecular formula is C18H27FN4O. The number of halogens is 1. The van der Waals surface area contributed by atoms with Crippen molar-refractivity contribution in [1.82, 2.24) is 10.2 Å². The molecule has 3 N–H and O–H groups in total. The molecule has 5 nitrogen and oxygen atoms in total. The average molecular weight is 334 g/mol. The topological polar surface area (TPSA) is 70.7 Å². The monoisotopic (exact) mass is 334 g/mol. The van der Waals surface area contributed by atoms with Gasteiger partial charge >= 0.3 is 0 Å². The molecule has 0 aliphatic carbocycles. The zero-order valence-corrected chi connectivity index (χ0v) is 14.3. The number of benzene rings is 1. The van der Waals surface area contributed by atoms with Gasteiger partial charge in [-0.1, -0.05) is 12.1 Å². The number of carbonyl (C=O) groups excluding carboxylic acids is 1. The predicted octanol–water partition coefficient (Wildman–Crippen LogP) is 1.92. The molecule has 1 atom stereocenters. The molecule has 1 amide bonds. The fourth-order valence-corrected chi connectivity index (χ4v) is 3.12. The maximum Gasteiger partial charge on any atom is 0.217 e. The van der Waals surface area contributed by atoms with Crippen molar-refractivity contribution in [3.8, 4) is 0 Å². The van der Waals surface area contributed by atoms with Crippen LogP contribution in [0.15, 0.2) is 29.3 Å². The van der Waals surface area contributed by atoms with E-state index in [1.54, 1.807) is 12.1 Å². The van der Waals surface area contributed by atoms with E-state index in [1.165, 1.54) is 6.07 Å². The van der Waals surface area contributed by atoms with E-state index in [9.17, 15) is 9.18 Å². The van der Waals surface area contributed by atoms with Gasteiger partial charge in [0.1, 0.15) is 5.82 Å². The van der Waals surface area contributed by atoms with E-state index in [4.69, 9.17) is 5.73 Å². The van der Waals surface area contributed by atoms with E-state index in [-0.39, 0.29) is 11.7 Å². The number of nitrogens with zero attached hydrogens (tertiary/aromatic N) is 2. The molecule has 6 heteroatoms. The van der Waals surface area contributed by atoms with Crippen LogP contribution in [0.1, 0.15) is 31.7 Å². The van der Waals surface area contributed by atoms with Crippen LogP contribution in [0.2, 0.25) is 0 Å². The third-order valence-corrected chi connectivity index (χ3v) is 4.19. The zero-order valence-electron chi connectivity index (χ0n) is 14.3. The highest BCUT2D eigenvalue weighted by molar-refractivity contribution is 5.80. The fraction of sp³-hybridized carbons (Fsp3) is 0.556. The molecule has 0 bridgehead atoms. The van der Waals surface area contributed by atoms with Gasteiger partial charge in [-0.15, -0.1) is 0 Å². The molecule has 1 aliphatic heterocycles. The largest absolute Gasteiger partial charge is 0.370 e. The summed E-state index contributed by atoms with van der Waals surface area (Å²) in [5.74, 6) is 0.704. The molecule has 0 aromatic heterocycles. The third kappa shape index (κ3) is 5.83. The summed E-state index contributed by atoms with van der Waals surface area (Å²) in [6, 6.07) is 6.63. The Bertz CT molecular complexity index is 576. The number of aliphatic imine (C=N–C) groups is 1. The molecule has 0 radical (unpaired) electrons. The van der Waals surface area contributed by atoms with Gasteiger partial charge in [0.25, 0.3) is 0 Å². The number of hydrogen-bond acceptors (Lipinski definition) is 2. The molecule has 1 fully saturated rings. The first-order valence-electron chi connectivity index (χ1n) is 8.64. The Labute approximate surface area is 143 Å². The average Bonchev–Trinajstić information content (AvgIpc) is 2.54. The van der Waals surface area contributed by atoms with E-state index < -0.39 is 0 Å². The quantitative estimate of drug-likeness (QED) is 0.617. The van der Waals surface area contributed by atoms with Crippen molar-refractivity contribution in [3.05, 3.63) is 35.6 Å². The number of hydrogen-bond donors (Lipinski definition) is 2. The van der Waals surface area contributed by atoms with Crippen LogP contribution >= 0.6 is 0 Å². The van der Waals surface area contributed by atoms with E-state index in [0.717, 1.165) is 44.0 Å². The van der Waals surface area contributed by atoms with Crippen LogP contribution < -0.4 is 11.1 Å². The van der Waals surface area contributed by atoms with Crippen molar-refractivity contribution in [3.63, 3.8) is 0 Å². The maximum absolute atomic E-state index is 13.2. The number of nitrogens with one attached hydrogen (secondary N) is 1. The second-order valence-corrected chi connectivity index (χ2v) is 6.24. The van der Waals surface area contributed by atoms with Gasteiger partial charge in [0.05, 0.1) is 0 Å². The summed E-state index contributed by atoms with van der Waals surface area (Å²) in [5, 5.41) is 3.31. The second-order valence-electron chi connectivity index (χ2n) is 6.24. The minimum atomic E-state index is -0.241. The van der Waals surface area contributed by atoms with Gasteiger partial charge in [0.2, 0.25) is 5.91 Å². The molecule has 1 aromatic rings. The molecule has 2 rings (SSSR count). The Kier molecular flexibility index (Phi) is 7.03. The lowest BCUT2D eigenvalue weighted by molar-refractivity contribution is -0.119. The fourth-order valence-electron chi connectivity index (χ4n) is 3.12. The molecule has 132 valence electrons. The number of likely N-dealkylation sites (tertiary alicyclic amines) is 1. The summed E-state index contributed by atoms with van der Waals surface area (Å²) >= 11 is 0. The van der Waals surface area contributed by atoms with Crippen molar-refractivity contribution in [2.24, 2.45) is 16.6 Å². The number of piperidine rings is 1. The van der Waals surface area contributed by atoms with Crippen molar-refractivity contribution in [1.29, 1.82) is 0 Å². The number of rotatable bonds is 6. The van der Waals surface area contributed by atoms with Gasteiger partial charge in [0, 0.05) is 32.6 Å². The van der Waals surface area contributed by atoms with Gasteiger partial charge in [-0.3, -0.25) is 9.79 Å².